The number of aromatic nitrogens is 1. The lowest BCUT2D eigenvalue weighted by Crippen LogP contribution is -2.15. The minimum absolute atomic E-state index is 0.736. The second-order valence-electron chi connectivity index (χ2n) is 1.51. The predicted octanol–water partition coefficient (Wildman–Crippen LogP) is -0.184. The Morgan fingerprint density at radius 3 is 3.11 bits per heavy atom. The van der Waals surface area contributed by atoms with Crippen LogP contribution in [0.4, 0.5) is 0 Å². The Balaban J connectivity index is 2.61. The van der Waals surface area contributed by atoms with E-state index in [1.165, 1.54) is 7.48 Å². The predicted molar refractivity (Wildman–Crippen MR) is 33.3 cm³/mol. The average Bonchev–Trinajstić information content (AvgIpc) is 1.91. The molecule has 1 heterocycles. The van der Waals surface area contributed by atoms with E-state index in [0.717, 1.165) is 5.46 Å². The van der Waals surface area contributed by atoms with Crippen LogP contribution in [-0.4, -0.2) is 17.7 Å². The van der Waals surface area contributed by atoms with Crippen molar-refractivity contribution in [3.05, 3.63) is 24.5 Å². The van der Waals surface area contributed by atoms with E-state index in [-0.39, 0.29) is 0 Å². The highest BCUT2D eigenvalue weighted by atomic mass is 17.1. The number of rotatable bonds is 2. The van der Waals surface area contributed by atoms with E-state index in [1.807, 2.05) is 0 Å². The van der Waals surface area contributed by atoms with Crippen LogP contribution in [0.5, 0.6) is 0 Å². The smallest absolute Gasteiger partial charge is 0.307 e. The summed E-state index contributed by atoms with van der Waals surface area (Å²) in [4.78, 5) is 7.54. The van der Waals surface area contributed by atoms with Gasteiger partial charge in [0, 0.05) is 12.4 Å². The van der Waals surface area contributed by atoms with Gasteiger partial charge in [0.2, 0.25) is 0 Å². The molecule has 0 spiro atoms. The second kappa shape index (κ2) is 3.22. The third-order valence-corrected chi connectivity index (χ3v) is 0.873. The molecule has 1 aromatic rings. The molecule has 0 aliphatic rings. The molecular weight excluding hydrogens is 117 g/mol. The Hall–Kier alpha value is -0.865. The van der Waals surface area contributed by atoms with Crippen molar-refractivity contribution in [2.75, 3.05) is 0 Å². The van der Waals surface area contributed by atoms with Gasteiger partial charge >= 0.3 is 7.48 Å². The summed E-state index contributed by atoms with van der Waals surface area (Å²) in [6.45, 7) is 0. The van der Waals surface area contributed by atoms with Gasteiger partial charge in [0.25, 0.3) is 0 Å². The third-order valence-electron chi connectivity index (χ3n) is 0.873. The van der Waals surface area contributed by atoms with Gasteiger partial charge in [0.1, 0.15) is 0 Å². The topological polar surface area (TPSA) is 42.4 Å². The fraction of sp³-hybridized carbons (Fsp3) is 0. The van der Waals surface area contributed by atoms with Crippen molar-refractivity contribution < 1.29 is 10.1 Å². The third kappa shape index (κ3) is 1.83. The van der Waals surface area contributed by atoms with Crippen LogP contribution in [0.25, 0.3) is 0 Å². The van der Waals surface area contributed by atoms with Crippen molar-refractivity contribution in [3.63, 3.8) is 0 Å². The molecule has 0 aromatic carbocycles. The van der Waals surface area contributed by atoms with Gasteiger partial charge in [-0.05, 0) is 11.5 Å². The summed E-state index contributed by atoms with van der Waals surface area (Å²) >= 11 is 0. The first-order chi connectivity index (χ1) is 4.43. The number of hydrogen-bond acceptors (Lipinski definition) is 3. The van der Waals surface area contributed by atoms with E-state index in [9.17, 15) is 0 Å². The SMILES string of the molecule is OO[B]c1cccnc1. The van der Waals surface area contributed by atoms with Crippen molar-refractivity contribution in [3.8, 4) is 0 Å². The molecule has 4 heteroatoms. The summed E-state index contributed by atoms with van der Waals surface area (Å²) < 4.78 is 0. The van der Waals surface area contributed by atoms with Crippen LogP contribution >= 0.6 is 0 Å². The molecular formula is C5H5BNO2. The van der Waals surface area contributed by atoms with Crippen LogP contribution in [0, 0.1) is 0 Å². The Kier molecular flexibility index (Phi) is 2.24. The van der Waals surface area contributed by atoms with Gasteiger partial charge in [-0.25, -0.2) is 0 Å². The van der Waals surface area contributed by atoms with Crippen LogP contribution in [-0.2, 0) is 4.81 Å². The second-order valence-corrected chi connectivity index (χ2v) is 1.51. The van der Waals surface area contributed by atoms with Crippen molar-refractivity contribution in [1.82, 2.24) is 4.98 Å². The largest absolute Gasteiger partial charge is 0.382 e. The number of nitrogens with zero attached hydrogens (tertiary/aromatic N) is 1. The summed E-state index contributed by atoms with van der Waals surface area (Å²) in [5, 5.41) is 7.94. The minimum atomic E-state index is 0.736. The molecule has 3 nitrogen and oxygen atoms in total. The molecule has 1 N–H and O–H groups in total. The zero-order chi connectivity index (χ0) is 6.53. The lowest BCUT2D eigenvalue weighted by molar-refractivity contribution is -0.135. The Labute approximate surface area is 53.5 Å². The fourth-order valence-electron chi connectivity index (χ4n) is 0.507. The average molecular weight is 122 g/mol. The maximum Gasteiger partial charge on any atom is 0.382 e. The first kappa shape index (κ1) is 6.26. The molecule has 45 valence electrons. The molecule has 0 atom stereocenters. The van der Waals surface area contributed by atoms with E-state index in [1.54, 1.807) is 24.5 Å². The fourth-order valence-corrected chi connectivity index (χ4v) is 0.507. The minimum Gasteiger partial charge on any atom is -0.307 e. The maximum atomic E-state index is 7.94. The molecule has 0 unspecified atom stereocenters. The zero-order valence-electron chi connectivity index (χ0n) is 4.69. The quantitative estimate of drug-likeness (QED) is 0.336. The highest BCUT2D eigenvalue weighted by molar-refractivity contribution is 6.46. The highest BCUT2D eigenvalue weighted by Gasteiger charge is 1.92. The summed E-state index contributed by atoms with van der Waals surface area (Å²) in [7, 11) is 1.20. The van der Waals surface area contributed by atoms with Crippen molar-refractivity contribution >= 4 is 12.9 Å². The van der Waals surface area contributed by atoms with Crippen LogP contribution in [0.1, 0.15) is 0 Å². The molecule has 9 heavy (non-hydrogen) atoms. The molecule has 1 aromatic heterocycles. The number of pyridine rings is 1. The monoisotopic (exact) mass is 122 g/mol. The Morgan fingerprint density at radius 1 is 1.67 bits per heavy atom. The molecule has 0 saturated heterocycles. The van der Waals surface area contributed by atoms with E-state index in [2.05, 4.69) is 9.79 Å². The Morgan fingerprint density at radius 2 is 2.56 bits per heavy atom. The molecule has 0 bridgehead atoms. The first-order valence-corrected chi connectivity index (χ1v) is 2.47. The van der Waals surface area contributed by atoms with Gasteiger partial charge in [0.15, 0.2) is 0 Å². The van der Waals surface area contributed by atoms with E-state index in [4.69, 9.17) is 5.26 Å². The highest BCUT2D eigenvalue weighted by Crippen LogP contribution is 1.74. The molecule has 0 fully saturated rings. The lowest BCUT2D eigenvalue weighted by Gasteiger charge is -1.90. The number of hydrogen-bond donors (Lipinski definition) is 1. The molecule has 0 aliphatic heterocycles. The maximum absolute atomic E-state index is 7.94. The zero-order valence-corrected chi connectivity index (χ0v) is 4.69. The van der Waals surface area contributed by atoms with Crippen molar-refractivity contribution in [2.24, 2.45) is 0 Å². The summed E-state index contributed by atoms with van der Waals surface area (Å²) in [6.07, 6.45) is 3.23. The standard InChI is InChI=1S/C5H5BNO2/c8-9-6-5-2-1-3-7-4-5/h1-4,8H. The van der Waals surface area contributed by atoms with Crippen molar-refractivity contribution in [2.45, 2.75) is 0 Å². The molecule has 0 aliphatic carbocycles. The van der Waals surface area contributed by atoms with Gasteiger partial charge in [-0.3, -0.25) is 10.2 Å². The van der Waals surface area contributed by atoms with Gasteiger partial charge in [-0.15, -0.1) is 0 Å². The van der Waals surface area contributed by atoms with Crippen LogP contribution < -0.4 is 5.46 Å². The van der Waals surface area contributed by atoms with E-state index < -0.39 is 0 Å². The van der Waals surface area contributed by atoms with E-state index >= 15 is 0 Å². The normalized spacial score (nSPS) is 9.00. The van der Waals surface area contributed by atoms with Gasteiger partial charge in [0.05, 0.1) is 0 Å². The van der Waals surface area contributed by atoms with Crippen LogP contribution in [0.15, 0.2) is 24.5 Å². The summed E-state index contributed by atoms with van der Waals surface area (Å²) in [5.41, 5.74) is 0.736. The van der Waals surface area contributed by atoms with Crippen LogP contribution in [0.2, 0.25) is 0 Å². The lowest BCUT2D eigenvalue weighted by atomic mass is 9.91. The van der Waals surface area contributed by atoms with Gasteiger partial charge in [-0.1, -0.05) is 6.07 Å². The van der Waals surface area contributed by atoms with Crippen molar-refractivity contribution in [1.29, 1.82) is 0 Å². The molecule has 0 amide bonds. The van der Waals surface area contributed by atoms with E-state index in [0.29, 0.717) is 0 Å². The molecule has 0 saturated carbocycles. The summed E-state index contributed by atoms with van der Waals surface area (Å²) in [6, 6.07) is 3.52. The summed E-state index contributed by atoms with van der Waals surface area (Å²) in [5.74, 6) is 0. The van der Waals surface area contributed by atoms with Gasteiger partial charge < -0.3 is 4.81 Å². The Bertz CT molecular complexity index is 168. The van der Waals surface area contributed by atoms with Gasteiger partial charge in [-0.2, -0.15) is 0 Å². The molecule has 1 radical (unpaired) electrons. The molecule has 1 rings (SSSR count). The van der Waals surface area contributed by atoms with Crippen LogP contribution in [0.3, 0.4) is 0 Å². The first-order valence-electron chi connectivity index (χ1n) is 2.47.